The number of imide groups is 1. The van der Waals surface area contributed by atoms with E-state index in [4.69, 9.17) is 0 Å². The van der Waals surface area contributed by atoms with Crippen molar-refractivity contribution in [3.05, 3.63) is 102 Å². The van der Waals surface area contributed by atoms with Crippen molar-refractivity contribution in [1.82, 2.24) is 4.90 Å². The molecule has 0 radical (unpaired) electrons. The molecule has 0 spiro atoms. The van der Waals surface area contributed by atoms with E-state index >= 15 is 0 Å². The average Bonchev–Trinajstić information content (AvgIpc) is 3.33. The maximum Gasteiger partial charge on any atom is 0.247 e. The highest BCUT2D eigenvalue weighted by atomic mass is 19.1. The molecule has 7 heteroatoms. The van der Waals surface area contributed by atoms with Crippen LogP contribution >= 0.6 is 0 Å². The van der Waals surface area contributed by atoms with Gasteiger partial charge in [-0.15, -0.1) is 0 Å². The lowest BCUT2D eigenvalue weighted by Crippen LogP contribution is -2.46. The smallest absolute Gasteiger partial charge is 0.247 e. The normalized spacial score (nSPS) is 24.6. The van der Waals surface area contributed by atoms with E-state index in [2.05, 4.69) is 5.32 Å². The lowest BCUT2D eigenvalue weighted by atomic mass is 9.84. The van der Waals surface area contributed by atoms with Crippen LogP contribution in [0.4, 0.5) is 15.8 Å². The van der Waals surface area contributed by atoms with E-state index in [-0.39, 0.29) is 11.6 Å². The Balaban J connectivity index is 1.46. The van der Waals surface area contributed by atoms with E-state index < -0.39 is 41.6 Å². The minimum atomic E-state index is -0.948. The third kappa shape index (κ3) is 2.90. The summed E-state index contributed by atoms with van der Waals surface area (Å²) in [6, 6.07) is 20.9. The molecule has 4 atom stereocenters. The van der Waals surface area contributed by atoms with Crippen LogP contribution in [0.5, 0.6) is 0 Å². The Labute approximate surface area is 195 Å². The van der Waals surface area contributed by atoms with Crippen LogP contribution in [0, 0.1) is 17.7 Å². The first kappa shape index (κ1) is 20.4. The number of hydrogen-bond acceptors (Lipinski definition) is 4. The quantitative estimate of drug-likeness (QED) is 0.609. The Morgan fingerprint density at radius 3 is 2.29 bits per heavy atom. The molecule has 6 nitrogen and oxygen atoms in total. The zero-order chi connectivity index (χ0) is 23.4. The van der Waals surface area contributed by atoms with Crippen LogP contribution in [0.25, 0.3) is 6.08 Å². The van der Waals surface area contributed by atoms with Gasteiger partial charge in [0.15, 0.2) is 0 Å². The zero-order valence-electron chi connectivity index (χ0n) is 18.0. The number of hydrogen-bond donors (Lipinski definition) is 1. The number of benzene rings is 3. The highest BCUT2D eigenvalue weighted by Gasteiger charge is 2.64. The third-order valence-electron chi connectivity index (χ3n) is 6.86. The number of carbonyl (C=O) groups is 3. The molecule has 0 bridgehead atoms. The fourth-order valence-corrected chi connectivity index (χ4v) is 5.47. The minimum absolute atomic E-state index is 0.0831. The predicted octanol–water partition coefficient (Wildman–Crippen LogP) is 3.98. The standard InChI is InChI=1S/C27H20FN3O3/c28-19-12-6-7-13-20(19)31-26(33)21-22(27(31)34)24(25(32)29-17-9-2-1-3-10-17)30-15-14-16-8-4-5-11-18(16)23(21)30/h1-15,21-24H,(H,29,32)/t21-,22+,23+,24+/m0/s1. The van der Waals surface area contributed by atoms with Crippen LogP contribution in [0.3, 0.4) is 0 Å². The van der Waals surface area contributed by atoms with E-state index in [9.17, 15) is 18.8 Å². The van der Waals surface area contributed by atoms with Gasteiger partial charge in [-0.3, -0.25) is 14.4 Å². The van der Waals surface area contributed by atoms with Gasteiger partial charge in [0, 0.05) is 11.9 Å². The van der Waals surface area contributed by atoms with Crippen molar-refractivity contribution < 1.29 is 18.8 Å². The molecule has 6 rings (SSSR count). The predicted molar refractivity (Wildman–Crippen MR) is 125 cm³/mol. The number of nitrogens with zero attached hydrogens (tertiary/aromatic N) is 2. The minimum Gasteiger partial charge on any atom is -0.357 e. The molecule has 0 unspecified atom stereocenters. The molecule has 168 valence electrons. The third-order valence-corrected chi connectivity index (χ3v) is 6.86. The summed E-state index contributed by atoms with van der Waals surface area (Å²) in [5.74, 6) is -3.86. The molecule has 0 aromatic heterocycles. The molecule has 0 saturated carbocycles. The number of amides is 3. The summed E-state index contributed by atoms with van der Waals surface area (Å²) in [4.78, 5) is 43.7. The van der Waals surface area contributed by atoms with E-state index in [0.717, 1.165) is 16.0 Å². The first-order valence-electron chi connectivity index (χ1n) is 11.1. The average molecular weight is 453 g/mol. The molecular formula is C27H20FN3O3. The number of fused-ring (bicyclic) bond motifs is 5. The summed E-state index contributed by atoms with van der Waals surface area (Å²) >= 11 is 0. The summed E-state index contributed by atoms with van der Waals surface area (Å²) in [6.07, 6.45) is 3.67. The van der Waals surface area contributed by atoms with Crippen LogP contribution < -0.4 is 10.2 Å². The van der Waals surface area contributed by atoms with Crippen molar-refractivity contribution in [3.8, 4) is 0 Å². The van der Waals surface area contributed by atoms with Crippen molar-refractivity contribution in [3.63, 3.8) is 0 Å². The number of carbonyl (C=O) groups excluding carboxylic acids is 3. The molecule has 3 aromatic rings. The largest absolute Gasteiger partial charge is 0.357 e. The van der Waals surface area contributed by atoms with Crippen LogP contribution in [-0.4, -0.2) is 28.7 Å². The first-order valence-corrected chi connectivity index (χ1v) is 11.1. The van der Waals surface area contributed by atoms with Gasteiger partial charge in [-0.05, 0) is 41.5 Å². The van der Waals surface area contributed by atoms with Gasteiger partial charge >= 0.3 is 0 Å². The number of nitrogens with one attached hydrogen (secondary N) is 1. The Kier molecular flexibility index (Phi) is 4.58. The maximum atomic E-state index is 14.6. The summed E-state index contributed by atoms with van der Waals surface area (Å²) in [5.41, 5.74) is 2.31. The summed E-state index contributed by atoms with van der Waals surface area (Å²) < 4.78 is 14.6. The van der Waals surface area contributed by atoms with Gasteiger partial charge in [0.1, 0.15) is 11.9 Å². The second kappa shape index (κ2) is 7.66. The topological polar surface area (TPSA) is 69.7 Å². The molecule has 0 aliphatic carbocycles. The molecule has 3 heterocycles. The maximum absolute atomic E-state index is 14.6. The number of para-hydroxylation sites is 2. The van der Waals surface area contributed by atoms with E-state index in [0.29, 0.717) is 5.69 Å². The van der Waals surface area contributed by atoms with E-state index in [1.54, 1.807) is 36.5 Å². The van der Waals surface area contributed by atoms with Gasteiger partial charge in [0.25, 0.3) is 0 Å². The SMILES string of the molecule is O=C(Nc1ccccc1)[C@H]1[C@@H]2C(=O)N(c3ccccc3F)C(=O)[C@@H]2[C@H]2c3ccccc3C=CN21. The summed E-state index contributed by atoms with van der Waals surface area (Å²) in [7, 11) is 0. The fourth-order valence-electron chi connectivity index (χ4n) is 5.47. The number of rotatable bonds is 3. The molecule has 3 amide bonds. The van der Waals surface area contributed by atoms with Gasteiger partial charge in [-0.2, -0.15) is 0 Å². The van der Waals surface area contributed by atoms with Crippen LogP contribution in [0.1, 0.15) is 17.2 Å². The van der Waals surface area contributed by atoms with Crippen LogP contribution in [0.2, 0.25) is 0 Å². The second-order valence-electron chi connectivity index (χ2n) is 8.65. The summed E-state index contributed by atoms with van der Waals surface area (Å²) in [6.45, 7) is 0. The Morgan fingerprint density at radius 2 is 1.50 bits per heavy atom. The highest BCUT2D eigenvalue weighted by Crippen LogP contribution is 2.53. The van der Waals surface area contributed by atoms with Crippen LogP contribution in [0.15, 0.2) is 85.1 Å². The molecule has 3 aliphatic rings. The van der Waals surface area contributed by atoms with E-state index in [1.165, 1.54) is 18.2 Å². The zero-order valence-corrected chi connectivity index (χ0v) is 18.0. The Morgan fingerprint density at radius 1 is 0.824 bits per heavy atom. The molecule has 34 heavy (non-hydrogen) atoms. The number of anilines is 2. The molecule has 1 N–H and O–H groups in total. The Hall–Kier alpha value is -4.26. The van der Waals surface area contributed by atoms with Crippen molar-refractivity contribution in [2.45, 2.75) is 12.1 Å². The van der Waals surface area contributed by atoms with Crippen LogP contribution in [-0.2, 0) is 14.4 Å². The molecular weight excluding hydrogens is 433 g/mol. The molecule has 3 aliphatic heterocycles. The van der Waals surface area contributed by atoms with Crippen molar-refractivity contribution in [1.29, 1.82) is 0 Å². The monoisotopic (exact) mass is 453 g/mol. The molecule has 2 saturated heterocycles. The van der Waals surface area contributed by atoms with Gasteiger partial charge < -0.3 is 10.2 Å². The molecule has 3 aromatic carbocycles. The Bertz CT molecular complexity index is 1360. The van der Waals surface area contributed by atoms with E-state index in [1.807, 2.05) is 41.3 Å². The van der Waals surface area contributed by atoms with Crippen molar-refractivity contribution in [2.24, 2.45) is 11.8 Å². The van der Waals surface area contributed by atoms with Gasteiger partial charge in [-0.25, -0.2) is 9.29 Å². The van der Waals surface area contributed by atoms with Gasteiger partial charge in [-0.1, -0.05) is 54.6 Å². The fraction of sp³-hybridized carbons (Fsp3) is 0.148. The van der Waals surface area contributed by atoms with Crippen molar-refractivity contribution in [2.75, 3.05) is 10.2 Å². The summed E-state index contributed by atoms with van der Waals surface area (Å²) in [5, 5.41) is 2.88. The molecule has 2 fully saturated rings. The van der Waals surface area contributed by atoms with Gasteiger partial charge in [0.2, 0.25) is 17.7 Å². The number of halogens is 1. The highest BCUT2D eigenvalue weighted by molar-refractivity contribution is 6.24. The lowest BCUT2D eigenvalue weighted by molar-refractivity contribution is -0.128. The second-order valence-corrected chi connectivity index (χ2v) is 8.65. The van der Waals surface area contributed by atoms with Gasteiger partial charge in [0.05, 0.1) is 23.6 Å². The van der Waals surface area contributed by atoms with Crippen molar-refractivity contribution >= 4 is 35.2 Å². The lowest BCUT2D eigenvalue weighted by Gasteiger charge is -2.35. The first-order chi connectivity index (χ1) is 16.6.